The number of carbonyl (C=O) groups is 2. The van der Waals surface area contributed by atoms with Gasteiger partial charge < -0.3 is 20.3 Å². The van der Waals surface area contributed by atoms with Gasteiger partial charge in [-0.1, -0.05) is 31.9 Å². The van der Waals surface area contributed by atoms with Crippen LogP contribution in [0.25, 0.3) is 0 Å². The smallest absolute Gasteiger partial charge is 0.255 e. The number of benzene rings is 2. The third kappa shape index (κ3) is 8.39. The molecule has 0 atom stereocenters. The lowest BCUT2D eigenvalue weighted by Crippen LogP contribution is -2.33. The van der Waals surface area contributed by atoms with E-state index in [1.54, 1.807) is 6.07 Å². The van der Waals surface area contributed by atoms with E-state index in [0.717, 1.165) is 44.5 Å². The van der Waals surface area contributed by atoms with Gasteiger partial charge in [0.25, 0.3) is 11.8 Å². The molecule has 0 radical (unpaired) electrons. The molecule has 2 aromatic rings. The zero-order chi connectivity index (χ0) is 24.9. The first-order chi connectivity index (χ1) is 17.1. The lowest BCUT2D eigenvalue weighted by molar-refractivity contribution is 0.0943. The molecule has 6 heteroatoms. The largest absolute Gasteiger partial charge is 0.382 e. The number of anilines is 2. The lowest BCUT2D eigenvalue weighted by Gasteiger charge is -2.30. The standard InChI is InChI=1S/C29H41N3O3/c1-3-5-7-11-23-12-14-24(15-13-23)28(33)31-25-16-17-27(32-19-8-6-9-20-32)26(22-25)29(34)30-18-10-21-35-4-2/h12-17,22H,3-11,18-21H2,1-2H3,(H,30,34)(H,31,33). The van der Waals surface area contributed by atoms with E-state index in [2.05, 4.69) is 22.5 Å². The zero-order valence-electron chi connectivity index (χ0n) is 21.4. The van der Waals surface area contributed by atoms with E-state index in [9.17, 15) is 9.59 Å². The highest BCUT2D eigenvalue weighted by Crippen LogP contribution is 2.27. The summed E-state index contributed by atoms with van der Waals surface area (Å²) in [5, 5.41) is 6.00. The lowest BCUT2D eigenvalue weighted by atomic mass is 10.0. The molecular formula is C29H41N3O3. The number of carbonyl (C=O) groups excluding carboxylic acids is 2. The molecule has 2 amide bonds. The SMILES string of the molecule is CCCCCc1ccc(C(=O)Nc2ccc(N3CCCCC3)c(C(=O)NCCCOCC)c2)cc1. The molecule has 190 valence electrons. The van der Waals surface area contributed by atoms with Crippen molar-refractivity contribution in [1.29, 1.82) is 0 Å². The number of nitrogens with one attached hydrogen (secondary N) is 2. The summed E-state index contributed by atoms with van der Waals surface area (Å²) in [5.41, 5.74) is 4.03. The Morgan fingerprint density at radius 1 is 0.914 bits per heavy atom. The first-order valence-electron chi connectivity index (χ1n) is 13.3. The van der Waals surface area contributed by atoms with Crippen LogP contribution in [0.1, 0.15) is 85.1 Å². The first kappa shape index (κ1) is 26.7. The molecule has 1 fully saturated rings. The number of unbranched alkanes of at least 4 members (excludes halogenated alkanes) is 2. The van der Waals surface area contributed by atoms with Gasteiger partial charge in [-0.25, -0.2) is 0 Å². The van der Waals surface area contributed by atoms with Gasteiger partial charge in [0.1, 0.15) is 0 Å². The zero-order valence-corrected chi connectivity index (χ0v) is 21.4. The van der Waals surface area contributed by atoms with Crippen molar-refractivity contribution in [2.75, 3.05) is 43.1 Å². The number of piperidine rings is 1. The Kier molecular flexibility index (Phi) is 11.1. The third-order valence-electron chi connectivity index (χ3n) is 6.44. The van der Waals surface area contributed by atoms with E-state index < -0.39 is 0 Å². The van der Waals surface area contributed by atoms with Crippen LogP contribution in [0.3, 0.4) is 0 Å². The molecule has 6 nitrogen and oxygen atoms in total. The van der Waals surface area contributed by atoms with Crippen LogP contribution >= 0.6 is 0 Å². The summed E-state index contributed by atoms with van der Waals surface area (Å²) in [5.74, 6) is -0.284. The fourth-order valence-corrected chi connectivity index (χ4v) is 4.43. The summed E-state index contributed by atoms with van der Waals surface area (Å²) in [6.07, 6.45) is 8.87. The Morgan fingerprint density at radius 2 is 1.69 bits per heavy atom. The summed E-state index contributed by atoms with van der Waals surface area (Å²) < 4.78 is 5.37. The second kappa shape index (κ2) is 14.5. The molecule has 35 heavy (non-hydrogen) atoms. The molecule has 1 aliphatic heterocycles. The second-order valence-electron chi connectivity index (χ2n) is 9.19. The minimum atomic E-state index is -0.168. The fourth-order valence-electron chi connectivity index (χ4n) is 4.43. The summed E-state index contributed by atoms with van der Waals surface area (Å²) in [6, 6.07) is 13.5. The van der Waals surface area contributed by atoms with Gasteiger partial charge in [-0.3, -0.25) is 9.59 Å². The molecule has 0 unspecified atom stereocenters. The highest BCUT2D eigenvalue weighted by atomic mass is 16.5. The van der Waals surface area contributed by atoms with E-state index in [1.807, 2.05) is 43.3 Å². The molecular weight excluding hydrogens is 438 g/mol. The van der Waals surface area contributed by atoms with Crippen molar-refractivity contribution in [2.24, 2.45) is 0 Å². The van der Waals surface area contributed by atoms with E-state index in [1.165, 1.54) is 31.2 Å². The third-order valence-corrected chi connectivity index (χ3v) is 6.44. The Labute approximate surface area is 210 Å². The van der Waals surface area contributed by atoms with Gasteiger partial charge in [-0.2, -0.15) is 0 Å². The Balaban J connectivity index is 1.70. The van der Waals surface area contributed by atoms with Gasteiger partial charge in [-0.05, 0) is 81.3 Å². The van der Waals surface area contributed by atoms with E-state index in [4.69, 9.17) is 4.74 Å². The molecule has 3 rings (SSSR count). The molecule has 0 aliphatic carbocycles. The number of ether oxygens (including phenoxy) is 1. The molecule has 2 aromatic carbocycles. The van der Waals surface area contributed by atoms with Crippen LogP contribution in [-0.4, -0.2) is 44.7 Å². The van der Waals surface area contributed by atoms with Crippen LogP contribution in [0.5, 0.6) is 0 Å². The Morgan fingerprint density at radius 3 is 2.40 bits per heavy atom. The number of nitrogens with zero attached hydrogens (tertiary/aromatic N) is 1. The average Bonchev–Trinajstić information content (AvgIpc) is 2.89. The first-order valence-corrected chi connectivity index (χ1v) is 13.3. The fraction of sp³-hybridized carbons (Fsp3) is 0.517. The summed E-state index contributed by atoms with van der Waals surface area (Å²) in [4.78, 5) is 28.3. The monoisotopic (exact) mass is 479 g/mol. The molecule has 2 N–H and O–H groups in total. The highest BCUT2D eigenvalue weighted by molar-refractivity contribution is 6.06. The van der Waals surface area contributed by atoms with Gasteiger partial charge in [0.15, 0.2) is 0 Å². The number of hydrogen-bond donors (Lipinski definition) is 2. The maximum atomic E-state index is 13.1. The van der Waals surface area contributed by atoms with E-state index in [0.29, 0.717) is 36.6 Å². The molecule has 1 aliphatic rings. The molecule has 0 spiro atoms. The molecule has 1 saturated heterocycles. The van der Waals surface area contributed by atoms with Crippen LogP contribution in [0, 0.1) is 0 Å². The van der Waals surface area contributed by atoms with Crippen molar-refractivity contribution < 1.29 is 14.3 Å². The second-order valence-corrected chi connectivity index (χ2v) is 9.19. The van der Waals surface area contributed by atoms with Crippen LogP contribution in [0.15, 0.2) is 42.5 Å². The van der Waals surface area contributed by atoms with E-state index in [-0.39, 0.29) is 11.8 Å². The van der Waals surface area contributed by atoms with Crippen LogP contribution in [0.2, 0.25) is 0 Å². The number of rotatable bonds is 13. The van der Waals surface area contributed by atoms with Gasteiger partial charge in [0.2, 0.25) is 0 Å². The van der Waals surface area contributed by atoms with Crippen molar-refractivity contribution in [1.82, 2.24) is 5.32 Å². The molecule has 0 saturated carbocycles. The van der Waals surface area contributed by atoms with Crippen molar-refractivity contribution in [3.8, 4) is 0 Å². The maximum Gasteiger partial charge on any atom is 0.255 e. The Bertz CT molecular complexity index is 937. The van der Waals surface area contributed by atoms with Crippen molar-refractivity contribution in [3.63, 3.8) is 0 Å². The highest BCUT2D eigenvalue weighted by Gasteiger charge is 2.20. The van der Waals surface area contributed by atoms with Crippen LogP contribution in [-0.2, 0) is 11.2 Å². The van der Waals surface area contributed by atoms with Crippen molar-refractivity contribution in [2.45, 2.75) is 65.2 Å². The number of hydrogen-bond acceptors (Lipinski definition) is 4. The molecule has 1 heterocycles. The van der Waals surface area contributed by atoms with Crippen molar-refractivity contribution in [3.05, 3.63) is 59.2 Å². The van der Waals surface area contributed by atoms with Gasteiger partial charge in [0.05, 0.1) is 5.56 Å². The Hall–Kier alpha value is -2.86. The summed E-state index contributed by atoms with van der Waals surface area (Å²) in [7, 11) is 0. The predicted molar refractivity (Wildman–Crippen MR) is 144 cm³/mol. The van der Waals surface area contributed by atoms with Crippen molar-refractivity contribution >= 4 is 23.2 Å². The quantitative estimate of drug-likeness (QED) is 0.355. The number of amides is 2. The molecule has 0 aromatic heterocycles. The minimum absolute atomic E-state index is 0.116. The van der Waals surface area contributed by atoms with Gasteiger partial charge in [0, 0.05) is 49.8 Å². The normalized spacial score (nSPS) is 13.5. The van der Waals surface area contributed by atoms with Gasteiger partial charge >= 0.3 is 0 Å². The van der Waals surface area contributed by atoms with Crippen LogP contribution < -0.4 is 15.5 Å². The topological polar surface area (TPSA) is 70.7 Å². The summed E-state index contributed by atoms with van der Waals surface area (Å²) in [6.45, 7) is 7.91. The summed E-state index contributed by atoms with van der Waals surface area (Å²) >= 11 is 0. The predicted octanol–water partition coefficient (Wildman–Crippen LogP) is 5.82. The van der Waals surface area contributed by atoms with Gasteiger partial charge in [-0.15, -0.1) is 0 Å². The van der Waals surface area contributed by atoms with Crippen LogP contribution in [0.4, 0.5) is 11.4 Å². The molecule has 0 bridgehead atoms. The number of aryl methyl sites for hydroxylation is 1. The van der Waals surface area contributed by atoms with E-state index >= 15 is 0 Å². The average molecular weight is 480 g/mol. The maximum absolute atomic E-state index is 13.1. The minimum Gasteiger partial charge on any atom is -0.382 e.